The molecule has 0 aliphatic carbocycles. The molecule has 3 rings (SSSR count). The first-order valence-electron chi connectivity index (χ1n) is 9.22. The quantitative estimate of drug-likeness (QED) is 0.408. The Morgan fingerprint density at radius 3 is 2.23 bits per heavy atom. The number of phenolic OH excluding ortho intramolecular Hbond substituents is 1. The molecule has 1 unspecified atom stereocenters. The van der Waals surface area contributed by atoms with Crippen molar-refractivity contribution < 1.29 is 34.0 Å². The largest absolute Gasteiger partial charge is 0.508 e. The second kappa shape index (κ2) is 8.87. The molecule has 0 bridgehead atoms. The lowest BCUT2D eigenvalue weighted by molar-refractivity contribution is -0.140. The zero-order chi connectivity index (χ0) is 21.8. The van der Waals surface area contributed by atoms with Crippen molar-refractivity contribution in [2.75, 3.05) is 34.5 Å². The topological polar surface area (TPSA) is 106 Å². The summed E-state index contributed by atoms with van der Waals surface area (Å²) in [7, 11) is 4.34. The van der Waals surface area contributed by atoms with Gasteiger partial charge in [-0.1, -0.05) is 18.2 Å². The molecule has 2 N–H and O–H groups in total. The molecular formula is C22H23NO7. The Morgan fingerprint density at radius 1 is 1.03 bits per heavy atom. The number of carbonyl (C=O) groups excluding carboxylic acids is 2. The smallest absolute Gasteiger partial charge is 0.295 e. The Morgan fingerprint density at radius 2 is 1.67 bits per heavy atom. The van der Waals surface area contributed by atoms with Gasteiger partial charge >= 0.3 is 0 Å². The maximum atomic E-state index is 13.0. The number of aliphatic hydroxyl groups excluding tert-OH is 1. The molecule has 0 aromatic heterocycles. The Hall–Kier alpha value is -3.52. The van der Waals surface area contributed by atoms with Crippen molar-refractivity contribution in [3.05, 3.63) is 59.2 Å². The lowest BCUT2D eigenvalue weighted by Gasteiger charge is -2.25. The summed E-state index contributed by atoms with van der Waals surface area (Å²) in [6.07, 6.45) is 0. The number of aromatic hydroxyl groups is 1. The first-order valence-corrected chi connectivity index (χ1v) is 9.22. The van der Waals surface area contributed by atoms with Crippen molar-refractivity contribution >= 4 is 17.4 Å². The van der Waals surface area contributed by atoms with E-state index < -0.39 is 23.5 Å². The number of ether oxygens (including phenoxy) is 3. The molecule has 2 aromatic carbocycles. The van der Waals surface area contributed by atoms with Crippen LogP contribution in [0, 0.1) is 0 Å². The van der Waals surface area contributed by atoms with Gasteiger partial charge in [-0.3, -0.25) is 9.59 Å². The minimum absolute atomic E-state index is 0.0281. The summed E-state index contributed by atoms with van der Waals surface area (Å²) in [6.45, 7) is 0.321. The van der Waals surface area contributed by atoms with Crippen LogP contribution in [0.5, 0.6) is 17.2 Å². The van der Waals surface area contributed by atoms with Crippen molar-refractivity contribution in [3.63, 3.8) is 0 Å². The first kappa shape index (κ1) is 21.2. The molecule has 30 heavy (non-hydrogen) atoms. The monoisotopic (exact) mass is 413 g/mol. The average Bonchev–Trinajstić information content (AvgIpc) is 3.01. The van der Waals surface area contributed by atoms with Gasteiger partial charge in [-0.2, -0.15) is 0 Å². The highest BCUT2D eigenvalue weighted by atomic mass is 16.5. The Kier molecular flexibility index (Phi) is 6.27. The maximum absolute atomic E-state index is 13.0. The summed E-state index contributed by atoms with van der Waals surface area (Å²) in [5.74, 6) is -1.49. The highest BCUT2D eigenvalue weighted by Gasteiger charge is 2.46. The molecule has 1 saturated heterocycles. The van der Waals surface area contributed by atoms with Gasteiger partial charge in [-0.25, -0.2) is 0 Å². The number of aliphatic hydroxyl groups is 1. The number of carbonyl (C=O) groups is 2. The lowest BCUT2D eigenvalue weighted by atomic mass is 9.94. The number of Topliss-reactive ketones (excluding diaryl/α,β-unsaturated/α-hetero) is 1. The third kappa shape index (κ3) is 3.69. The summed E-state index contributed by atoms with van der Waals surface area (Å²) in [6, 6.07) is 10.2. The van der Waals surface area contributed by atoms with E-state index in [1.54, 1.807) is 30.3 Å². The van der Waals surface area contributed by atoms with Crippen LogP contribution in [0.15, 0.2) is 48.0 Å². The zero-order valence-corrected chi connectivity index (χ0v) is 16.9. The SMILES string of the molecule is COCCN1C(=O)C(=O)/C(=C(/O)c2c(OC)cccc2OC)C1c1cccc(O)c1. The summed E-state index contributed by atoms with van der Waals surface area (Å²) in [5, 5.41) is 21.1. The van der Waals surface area contributed by atoms with E-state index in [2.05, 4.69) is 0 Å². The molecule has 1 atom stereocenters. The zero-order valence-electron chi connectivity index (χ0n) is 16.9. The van der Waals surface area contributed by atoms with E-state index in [0.29, 0.717) is 5.56 Å². The first-order chi connectivity index (χ1) is 14.4. The number of ketones is 1. The summed E-state index contributed by atoms with van der Waals surface area (Å²) in [4.78, 5) is 27.1. The van der Waals surface area contributed by atoms with Gasteiger partial charge in [0.2, 0.25) is 0 Å². The Labute approximate surface area is 173 Å². The molecule has 0 spiro atoms. The average molecular weight is 413 g/mol. The molecule has 2 aromatic rings. The Balaban J connectivity index is 2.27. The Bertz CT molecular complexity index is 976. The minimum Gasteiger partial charge on any atom is -0.508 e. The van der Waals surface area contributed by atoms with Crippen molar-refractivity contribution in [2.24, 2.45) is 0 Å². The normalized spacial score (nSPS) is 18.0. The second-order valence-corrected chi connectivity index (χ2v) is 6.62. The van der Waals surface area contributed by atoms with Crippen LogP contribution < -0.4 is 9.47 Å². The van der Waals surface area contributed by atoms with Crippen molar-refractivity contribution in [1.29, 1.82) is 0 Å². The van der Waals surface area contributed by atoms with Gasteiger partial charge in [0.15, 0.2) is 0 Å². The van der Waals surface area contributed by atoms with Crippen LogP contribution >= 0.6 is 0 Å². The van der Waals surface area contributed by atoms with E-state index in [1.165, 1.54) is 38.4 Å². The molecule has 8 nitrogen and oxygen atoms in total. The number of rotatable bonds is 7. The van der Waals surface area contributed by atoms with E-state index in [0.717, 1.165) is 0 Å². The van der Waals surface area contributed by atoms with Crippen molar-refractivity contribution in [3.8, 4) is 17.2 Å². The van der Waals surface area contributed by atoms with Crippen LogP contribution in [0.1, 0.15) is 17.2 Å². The fourth-order valence-electron chi connectivity index (χ4n) is 3.56. The second-order valence-electron chi connectivity index (χ2n) is 6.62. The van der Waals surface area contributed by atoms with E-state index in [4.69, 9.17) is 14.2 Å². The molecule has 1 amide bonds. The molecule has 0 saturated carbocycles. The predicted molar refractivity (Wildman–Crippen MR) is 109 cm³/mol. The number of hydrogen-bond donors (Lipinski definition) is 2. The van der Waals surface area contributed by atoms with Crippen LogP contribution in [0.4, 0.5) is 0 Å². The molecule has 0 radical (unpaired) electrons. The van der Waals surface area contributed by atoms with Gasteiger partial charge in [-0.15, -0.1) is 0 Å². The molecule has 158 valence electrons. The van der Waals surface area contributed by atoms with Crippen LogP contribution in [-0.4, -0.2) is 61.3 Å². The third-order valence-corrected chi connectivity index (χ3v) is 4.93. The van der Waals surface area contributed by atoms with Crippen LogP contribution in [-0.2, 0) is 14.3 Å². The van der Waals surface area contributed by atoms with E-state index in [9.17, 15) is 19.8 Å². The number of nitrogens with zero attached hydrogens (tertiary/aromatic N) is 1. The number of likely N-dealkylation sites (tertiary alicyclic amines) is 1. The van der Waals surface area contributed by atoms with E-state index in [-0.39, 0.29) is 41.5 Å². The third-order valence-electron chi connectivity index (χ3n) is 4.93. The van der Waals surface area contributed by atoms with Gasteiger partial charge in [0.05, 0.1) is 32.4 Å². The van der Waals surface area contributed by atoms with Crippen molar-refractivity contribution in [2.45, 2.75) is 6.04 Å². The van der Waals surface area contributed by atoms with Crippen molar-refractivity contribution in [1.82, 2.24) is 4.90 Å². The molecule has 1 aliphatic heterocycles. The standard InChI is InChI=1S/C22H23NO7/c1-28-11-10-23-19(13-6-4-7-14(24)12-13)18(21(26)22(23)27)20(25)17-15(29-2)8-5-9-16(17)30-3/h4-9,12,19,24-25H,10-11H2,1-3H3/b20-18+. The van der Waals surface area contributed by atoms with Gasteiger partial charge in [-0.05, 0) is 29.8 Å². The fraction of sp³-hybridized carbons (Fsp3) is 0.273. The molecule has 1 aliphatic rings. The summed E-state index contributed by atoms with van der Waals surface area (Å²) >= 11 is 0. The van der Waals surface area contributed by atoms with Gasteiger partial charge in [0.25, 0.3) is 11.7 Å². The maximum Gasteiger partial charge on any atom is 0.295 e. The summed E-state index contributed by atoms with van der Waals surface area (Å²) < 4.78 is 15.8. The van der Waals surface area contributed by atoms with Gasteiger partial charge < -0.3 is 29.3 Å². The van der Waals surface area contributed by atoms with Gasteiger partial charge in [0.1, 0.15) is 28.6 Å². The highest BCUT2D eigenvalue weighted by Crippen LogP contribution is 2.43. The molecule has 1 heterocycles. The molecule has 8 heteroatoms. The number of amides is 1. The van der Waals surface area contributed by atoms with Crippen LogP contribution in [0.3, 0.4) is 0 Å². The van der Waals surface area contributed by atoms with E-state index >= 15 is 0 Å². The molecular weight excluding hydrogens is 390 g/mol. The fourth-order valence-corrected chi connectivity index (χ4v) is 3.56. The number of methoxy groups -OCH3 is 3. The number of phenols is 1. The number of hydrogen-bond acceptors (Lipinski definition) is 7. The van der Waals surface area contributed by atoms with Crippen LogP contribution in [0.25, 0.3) is 5.76 Å². The lowest BCUT2D eigenvalue weighted by Crippen LogP contribution is -2.32. The predicted octanol–water partition coefficient (Wildman–Crippen LogP) is 2.48. The minimum atomic E-state index is -0.915. The van der Waals surface area contributed by atoms with E-state index in [1.807, 2.05) is 0 Å². The van der Waals surface area contributed by atoms with Gasteiger partial charge in [0, 0.05) is 13.7 Å². The number of benzene rings is 2. The van der Waals surface area contributed by atoms with Crippen LogP contribution in [0.2, 0.25) is 0 Å². The highest BCUT2D eigenvalue weighted by molar-refractivity contribution is 6.46. The summed E-state index contributed by atoms with van der Waals surface area (Å²) in [5.41, 5.74) is 0.516. The molecule has 1 fully saturated rings.